The van der Waals surface area contributed by atoms with Gasteiger partial charge in [-0.15, -0.1) is 0 Å². The number of nitrogens with one attached hydrogen (secondary N) is 1. The van der Waals surface area contributed by atoms with E-state index in [2.05, 4.69) is 14.7 Å². The van der Waals surface area contributed by atoms with E-state index in [0.29, 0.717) is 21.3 Å². The van der Waals surface area contributed by atoms with E-state index in [4.69, 9.17) is 16.0 Å². The second-order valence-corrected chi connectivity index (χ2v) is 6.49. The van der Waals surface area contributed by atoms with Crippen LogP contribution in [-0.2, 0) is 17.6 Å². The molecule has 0 unspecified atom stereocenters. The fourth-order valence-electron chi connectivity index (χ4n) is 2.17. The lowest BCUT2D eigenvalue weighted by Crippen LogP contribution is -2.13. The topological polar surface area (TPSA) is 68.0 Å². The van der Waals surface area contributed by atoms with Crippen LogP contribution in [0.5, 0.6) is 0 Å². The molecule has 3 rings (SSSR count). The van der Waals surface area contributed by atoms with Crippen molar-refractivity contribution in [3.63, 3.8) is 0 Å². The Morgan fingerprint density at radius 3 is 2.80 bits per heavy atom. The third-order valence-electron chi connectivity index (χ3n) is 3.26. The summed E-state index contributed by atoms with van der Waals surface area (Å²) in [6, 6.07) is 4.62. The zero-order chi connectivity index (χ0) is 18.2. The smallest absolute Gasteiger partial charge is 0.397 e. The summed E-state index contributed by atoms with van der Waals surface area (Å²) in [4.78, 5) is 15.9. The molecular weight excluding hydrogens is 379 g/mol. The zero-order valence-corrected chi connectivity index (χ0v) is 14.3. The standard InChI is InChI=1S/C15H11ClF3N3O2S/c1-7-13(16)14(25-22-7)21-11(23)5-8-2-3-10-9(4-8)20-12(24-10)6-15(17,18)19/h2-4H,5-6H2,1H3,(H,21,23). The Morgan fingerprint density at radius 1 is 1.40 bits per heavy atom. The molecule has 0 aliphatic carbocycles. The summed E-state index contributed by atoms with van der Waals surface area (Å²) in [7, 11) is 0. The number of aryl methyl sites for hydroxylation is 1. The molecule has 0 spiro atoms. The van der Waals surface area contributed by atoms with Gasteiger partial charge in [-0.25, -0.2) is 4.98 Å². The highest BCUT2D eigenvalue weighted by molar-refractivity contribution is 7.11. The maximum Gasteiger partial charge on any atom is 0.397 e. The second-order valence-electron chi connectivity index (χ2n) is 5.34. The number of hydrogen-bond donors (Lipinski definition) is 1. The number of carbonyl (C=O) groups is 1. The van der Waals surface area contributed by atoms with E-state index in [0.717, 1.165) is 11.5 Å². The molecule has 1 aromatic carbocycles. The van der Waals surface area contributed by atoms with E-state index in [1.165, 1.54) is 12.1 Å². The van der Waals surface area contributed by atoms with E-state index in [9.17, 15) is 18.0 Å². The lowest BCUT2D eigenvalue weighted by Gasteiger charge is -2.03. The van der Waals surface area contributed by atoms with Crippen molar-refractivity contribution in [3.05, 3.63) is 40.4 Å². The number of aromatic nitrogens is 2. The molecular formula is C15H11ClF3N3O2S. The van der Waals surface area contributed by atoms with Gasteiger partial charge in [0.05, 0.1) is 17.1 Å². The van der Waals surface area contributed by atoms with Crippen LogP contribution in [0.3, 0.4) is 0 Å². The first-order chi connectivity index (χ1) is 11.7. The average Bonchev–Trinajstić information content (AvgIpc) is 3.02. The third-order valence-corrected chi connectivity index (χ3v) is 4.68. The molecule has 25 heavy (non-hydrogen) atoms. The molecule has 0 aliphatic rings. The van der Waals surface area contributed by atoms with Gasteiger partial charge in [0.1, 0.15) is 16.9 Å². The summed E-state index contributed by atoms with van der Waals surface area (Å²) in [5.74, 6) is -0.722. The number of amides is 1. The van der Waals surface area contributed by atoms with Crippen LogP contribution >= 0.6 is 23.1 Å². The number of hydrogen-bond acceptors (Lipinski definition) is 5. The lowest BCUT2D eigenvalue weighted by molar-refractivity contribution is -0.130. The normalized spacial score (nSPS) is 11.9. The van der Waals surface area contributed by atoms with Gasteiger partial charge < -0.3 is 9.73 Å². The van der Waals surface area contributed by atoms with Gasteiger partial charge in [0.15, 0.2) is 5.58 Å². The van der Waals surface area contributed by atoms with Gasteiger partial charge in [-0.3, -0.25) is 4.79 Å². The van der Waals surface area contributed by atoms with Crippen LogP contribution in [0.15, 0.2) is 22.6 Å². The van der Waals surface area contributed by atoms with Crippen LogP contribution in [0.25, 0.3) is 11.1 Å². The fourth-order valence-corrected chi connectivity index (χ4v) is 3.12. The molecule has 1 amide bonds. The van der Waals surface area contributed by atoms with Crippen molar-refractivity contribution in [2.24, 2.45) is 0 Å². The van der Waals surface area contributed by atoms with Crippen molar-refractivity contribution < 1.29 is 22.4 Å². The van der Waals surface area contributed by atoms with Gasteiger partial charge in [0.2, 0.25) is 11.8 Å². The van der Waals surface area contributed by atoms with Crippen molar-refractivity contribution in [2.75, 3.05) is 5.32 Å². The number of nitrogens with zero attached hydrogens (tertiary/aromatic N) is 2. The van der Waals surface area contributed by atoms with Crippen molar-refractivity contribution in [1.82, 2.24) is 9.36 Å². The monoisotopic (exact) mass is 389 g/mol. The minimum atomic E-state index is -4.39. The Bertz CT molecular complexity index is 936. The largest absolute Gasteiger partial charge is 0.440 e. The molecule has 1 N–H and O–H groups in total. The number of anilines is 1. The molecule has 0 radical (unpaired) electrons. The molecule has 3 aromatic rings. The number of oxazole rings is 1. The van der Waals surface area contributed by atoms with E-state index < -0.39 is 18.5 Å². The van der Waals surface area contributed by atoms with E-state index in [1.807, 2.05) is 0 Å². The van der Waals surface area contributed by atoms with Gasteiger partial charge in [0.25, 0.3) is 0 Å². The lowest BCUT2D eigenvalue weighted by atomic mass is 10.1. The van der Waals surface area contributed by atoms with Gasteiger partial charge in [0, 0.05) is 0 Å². The van der Waals surface area contributed by atoms with Crippen molar-refractivity contribution in [2.45, 2.75) is 25.9 Å². The van der Waals surface area contributed by atoms with E-state index in [-0.39, 0.29) is 23.4 Å². The summed E-state index contributed by atoms with van der Waals surface area (Å²) in [5.41, 5.74) is 1.73. The number of carbonyl (C=O) groups excluding carboxylic acids is 1. The predicted molar refractivity (Wildman–Crippen MR) is 88.0 cm³/mol. The molecule has 10 heteroatoms. The second kappa shape index (κ2) is 6.64. The minimum absolute atomic E-state index is 0.0185. The Morgan fingerprint density at radius 2 is 2.16 bits per heavy atom. The summed E-state index contributed by atoms with van der Waals surface area (Å²) in [6.45, 7) is 1.73. The number of fused-ring (bicyclic) bond motifs is 1. The van der Waals surface area contributed by atoms with Crippen LogP contribution < -0.4 is 5.32 Å². The molecule has 0 bridgehead atoms. The molecule has 0 atom stereocenters. The molecule has 2 heterocycles. The molecule has 2 aromatic heterocycles. The van der Waals surface area contributed by atoms with Gasteiger partial charge in [-0.2, -0.15) is 17.5 Å². The molecule has 0 saturated heterocycles. The summed E-state index contributed by atoms with van der Waals surface area (Å²) in [6.07, 6.45) is -5.61. The van der Waals surface area contributed by atoms with Gasteiger partial charge in [-0.05, 0) is 36.2 Å². The average molecular weight is 390 g/mol. The number of rotatable bonds is 4. The Labute approximate surface area is 149 Å². The maximum atomic E-state index is 12.4. The maximum absolute atomic E-state index is 12.4. The highest BCUT2D eigenvalue weighted by atomic mass is 35.5. The van der Waals surface area contributed by atoms with Crippen molar-refractivity contribution in [1.29, 1.82) is 0 Å². The SMILES string of the molecule is Cc1nsc(NC(=O)Cc2ccc3oc(CC(F)(F)F)nc3c2)c1Cl. The summed E-state index contributed by atoms with van der Waals surface area (Å²) < 4.78 is 46.3. The number of alkyl halides is 3. The van der Waals surface area contributed by atoms with Crippen LogP contribution in [0.2, 0.25) is 5.02 Å². The van der Waals surface area contributed by atoms with Gasteiger partial charge >= 0.3 is 6.18 Å². The fraction of sp³-hybridized carbons (Fsp3) is 0.267. The van der Waals surface area contributed by atoms with Crippen LogP contribution in [0.1, 0.15) is 17.1 Å². The molecule has 5 nitrogen and oxygen atoms in total. The Kier molecular flexibility index (Phi) is 4.70. The Hall–Kier alpha value is -2.13. The number of benzene rings is 1. The predicted octanol–water partition coefficient (Wildman–Crippen LogP) is 4.53. The minimum Gasteiger partial charge on any atom is -0.440 e. The van der Waals surface area contributed by atoms with Crippen LogP contribution in [0.4, 0.5) is 18.2 Å². The van der Waals surface area contributed by atoms with E-state index in [1.54, 1.807) is 13.0 Å². The van der Waals surface area contributed by atoms with Crippen molar-refractivity contribution >= 4 is 45.1 Å². The summed E-state index contributed by atoms with van der Waals surface area (Å²) >= 11 is 7.09. The van der Waals surface area contributed by atoms with Crippen LogP contribution in [-0.4, -0.2) is 21.4 Å². The third kappa shape index (κ3) is 4.29. The molecule has 0 fully saturated rings. The summed E-state index contributed by atoms with van der Waals surface area (Å²) in [5, 5.41) is 3.50. The molecule has 0 saturated carbocycles. The molecule has 0 aliphatic heterocycles. The highest BCUT2D eigenvalue weighted by Gasteiger charge is 2.30. The first kappa shape index (κ1) is 17.7. The molecule has 132 valence electrons. The quantitative estimate of drug-likeness (QED) is 0.711. The number of halogens is 4. The Balaban J connectivity index is 1.73. The zero-order valence-electron chi connectivity index (χ0n) is 12.8. The first-order valence-corrected chi connectivity index (χ1v) is 8.23. The van der Waals surface area contributed by atoms with Crippen LogP contribution in [0, 0.1) is 6.92 Å². The van der Waals surface area contributed by atoms with E-state index >= 15 is 0 Å². The first-order valence-electron chi connectivity index (χ1n) is 7.08. The van der Waals surface area contributed by atoms with Gasteiger partial charge in [-0.1, -0.05) is 17.7 Å². The highest BCUT2D eigenvalue weighted by Crippen LogP contribution is 2.29. The van der Waals surface area contributed by atoms with Crippen molar-refractivity contribution in [3.8, 4) is 0 Å².